The fourth-order valence-electron chi connectivity index (χ4n) is 1.94. The highest BCUT2D eigenvalue weighted by Crippen LogP contribution is 2.28. The Morgan fingerprint density at radius 3 is 2.50 bits per heavy atom. The van der Waals surface area contributed by atoms with Crippen LogP contribution >= 0.6 is 27.7 Å². The lowest BCUT2D eigenvalue weighted by Gasteiger charge is -2.14. The number of thioether (sulfide) groups is 1. The molecule has 4 heteroatoms. The molecule has 2 aromatic carbocycles. The average molecular weight is 353 g/mol. The predicted octanol–water partition coefficient (Wildman–Crippen LogP) is 4.59. The van der Waals surface area contributed by atoms with Gasteiger partial charge in [0.15, 0.2) is 0 Å². The fourth-order valence-corrected chi connectivity index (χ4v) is 3.07. The second-order valence-electron chi connectivity index (χ2n) is 4.50. The standard InChI is InChI=1S/C16H17BrO2S/c1-11-9-13(19-2)5-8-15(11)16(18)10-20-14-6-3-12(17)4-7-14/h3-9,16,18H,10H2,1-2H3. The van der Waals surface area contributed by atoms with Crippen LogP contribution in [0.2, 0.25) is 0 Å². The Morgan fingerprint density at radius 1 is 1.20 bits per heavy atom. The van der Waals surface area contributed by atoms with Crippen molar-refractivity contribution in [2.24, 2.45) is 0 Å². The molecule has 1 atom stereocenters. The van der Waals surface area contributed by atoms with Crippen molar-refractivity contribution in [3.05, 3.63) is 58.1 Å². The van der Waals surface area contributed by atoms with E-state index in [0.717, 1.165) is 26.2 Å². The smallest absolute Gasteiger partial charge is 0.119 e. The molecule has 2 aromatic rings. The van der Waals surface area contributed by atoms with E-state index in [2.05, 4.69) is 15.9 Å². The number of methoxy groups -OCH3 is 1. The van der Waals surface area contributed by atoms with E-state index in [4.69, 9.17) is 4.74 Å². The summed E-state index contributed by atoms with van der Waals surface area (Å²) in [5.41, 5.74) is 2.00. The van der Waals surface area contributed by atoms with Gasteiger partial charge in [0.25, 0.3) is 0 Å². The second kappa shape index (κ2) is 7.16. The van der Waals surface area contributed by atoms with Gasteiger partial charge in [-0.05, 0) is 54.4 Å². The van der Waals surface area contributed by atoms with Gasteiger partial charge in [-0.2, -0.15) is 0 Å². The summed E-state index contributed by atoms with van der Waals surface area (Å²) in [4.78, 5) is 1.15. The number of halogens is 1. The lowest BCUT2D eigenvalue weighted by atomic mass is 10.0. The molecule has 1 N–H and O–H groups in total. The van der Waals surface area contributed by atoms with Gasteiger partial charge in [-0.1, -0.05) is 22.0 Å². The minimum atomic E-state index is -0.477. The van der Waals surface area contributed by atoms with Crippen LogP contribution in [0.1, 0.15) is 17.2 Å². The van der Waals surface area contributed by atoms with Gasteiger partial charge in [0.1, 0.15) is 5.75 Å². The van der Waals surface area contributed by atoms with Gasteiger partial charge in [0.05, 0.1) is 13.2 Å². The van der Waals surface area contributed by atoms with E-state index < -0.39 is 6.10 Å². The minimum absolute atomic E-state index is 0.477. The number of aliphatic hydroxyl groups excluding tert-OH is 1. The lowest BCUT2D eigenvalue weighted by Crippen LogP contribution is -2.03. The van der Waals surface area contributed by atoms with Gasteiger partial charge in [0.2, 0.25) is 0 Å². The molecular weight excluding hydrogens is 336 g/mol. The maximum absolute atomic E-state index is 10.3. The maximum atomic E-state index is 10.3. The summed E-state index contributed by atoms with van der Waals surface area (Å²) in [5.74, 6) is 1.45. The Bertz CT molecular complexity index is 569. The third-order valence-electron chi connectivity index (χ3n) is 3.06. The topological polar surface area (TPSA) is 29.5 Å². The van der Waals surface area contributed by atoms with E-state index in [1.54, 1.807) is 18.9 Å². The Hall–Kier alpha value is -0.970. The van der Waals surface area contributed by atoms with Crippen LogP contribution in [0.15, 0.2) is 51.8 Å². The van der Waals surface area contributed by atoms with E-state index in [0.29, 0.717) is 5.75 Å². The highest BCUT2D eigenvalue weighted by atomic mass is 79.9. The molecule has 0 aliphatic carbocycles. The quantitative estimate of drug-likeness (QED) is 0.797. The summed E-state index contributed by atoms with van der Waals surface area (Å²) in [6.45, 7) is 1.99. The van der Waals surface area contributed by atoms with Crippen molar-refractivity contribution < 1.29 is 9.84 Å². The molecular formula is C16H17BrO2S. The molecule has 20 heavy (non-hydrogen) atoms. The minimum Gasteiger partial charge on any atom is -0.497 e. The molecule has 1 unspecified atom stereocenters. The molecule has 0 aliphatic heterocycles. The Morgan fingerprint density at radius 2 is 1.90 bits per heavy atom. The van der Waals surface area contributed by atoms with E-state index in [1.165, 1.54) is 0 Å². The molecule has 2 nitrogen and oxygen atoms in total. The molecule has 2 rings (SSSR count). The second-order valence-corrected chi connectivity index (χ2v) is 6.51. The van der Waals surface area contributed by atoms with Crippen LogP contribution in [-0.4, -0.2) is 18.0 Å². The average Bonchev–Trinajstić information content (AvgIpc) is 2.46. The summed E-state index contributed by atoms with van der Waals surface area (Å²) >= 11 is 5.06. The number of rotatable bonds is 5. The molecule has 0 radical (unpaired) electrons. The zero-order chi connectivity index (χ0) is 14.5. The molecule has 0 saturated carbocycles. The van der Waals surface area contributed by atoms with E-state index in [-0.39, 0.29) is 0 Å². The number of aliphatic hydroxyl groups is 1. The predicted molar refractivity (Wildman–Crippen MR) is 87.6 cm³/mol. The highest BCUT2D eigenvalue weighted by molar-refractivity contribution is 9.10. The molecule has 0 amide bonds. The van der Waals surface area contributed by atoms with Gasteiger partial charge < -0.3 is 9.84 Å². The van der Waals surface area contributed by atoms with E-state index >= 15 is 0 Å². The summed E-state index contributed by atoms with van der Waals surface area (Å²) in [5, 5.41) is 10.3. The Kier molecular flexibility index (Phi) is 5.52. The number of benzene rings is 2. The van der Waals surface area contributed by atoms with Crippen LogP contribution in [-0.2, 0) is 0 Å². The Balaban J connectivity index is 2.01. The van der Waals surface area contributed by atoms with Crippen LogP contribution in [0, 0.1) is 6.92 Å². The molecule has 0 bridgehead atoms. The van der Waals surface area contributed by atoms with Gasteiger partial charge >= 0.3 is 0 Å². The van der Waals surface area contributed by atoms with Crippen LogP contribution in [0.3, 0.4) is 0 Å². The summed E-state index contributed by atoms with van der Waals surface area (Å²) in [6, 6.07) is 13.9. The number of ether oxygens (including phenoxy) is 1. The molecule has 0 spiro atoms. The lowest BCUT2D eigenvalue weighted by molar-refractivity contribution is 0.203. The number of hydrogen-bond acceptors (Lipinski definition) is 3. The van der Waals surface area contributed by atoms with Crippen molar-refractivity contribution in [3.8, 4) is 5.75 Å². The maximum Gasteiger partial charge on any atom is 0.119 e. The van der Waals surface area contributed by atoms with E-state index in [1.807, 2.05) is 49.4 Å². The molecule has 106 valence electrons. The largest absolute Gasteiger partial charge is 0.497 e. The van der Waals surface area contributed by atoms with Crippen molar-refractivity contribution in [1.29, 1.82) is 0 Å². The van der Waals surface area contributed by atoms with Crippen LogP contribution in [0.4, 0.5) is 0 Å². The number of aryl methyl sites for hydroxylation is 1. The molecule has 0 fully saturated rings. The third-order valence-corrected chi connectivity index (χ3v) is 4.67. The van der Waals surface area contributed by atoms with Gasteiger partial charge in [0, 0.05) is 15.1 Å². The monoisotopic (exact) mass is 352 g/mol. The van der Waals surface area contributed by atoms with Crippen molar-refractivity contribution in [2.45, 2.75) is 17.9 Å². The fraction of sp³-hybridized carbons (Fsp3) is 0.250. The molecule has 0 heterocycles. The van der Waals surface area contributed by atoms with Gasteiger partial charge in [-0.3, -0.25) is 0 Å². The highest BCUT2D eigenvalue weighted by Gasteiger charge is 2.11. The first kappa shape index (κ1) is 15.4. The first-order valence-corrected chi connectivity index (χ1v) is 8.09. The van der Waals surface area contributed by atoms with Crippen LogP contribution in [0.5, 0.6) is 5.75 Å². The van der Waals surface area contributed by atoms with Crippen molar-refractivity contribution in [2.75, 3.05) is 12.9 Å². The van der Waals surface area contributed by atoms with Crippen molar-refractivity contribution in [3.63, 3.8) is 0 Å². The molecule has 0 aliphatic rings. The first-order chi connectivity index (χ1) is 9.60. The van der Waals surface area contributed by atoms with Crippen molar-refractivity contribution in [1.82, 2.24) is 0 Å². The summed E-state index contributed by atoms with van der Waals surface area (Å²) < 4.78 is 6.24. The van der Waals surface area contributed by atoms with Gasteiger partial charge in [-0.15, -0.1) is 11.8 Å². The van der Waals surface area contributed by atoms with E-state index in [9.17, 15) is 5.11 Å². The summed E-state index contributed by atoms with van der Waals surface area (Å²) in [7, 11) is 1.65. The van der Waals surface area contributed by atoms with Crippen molar-refractivity contribution >= 4 is 27.7 Å². The van der Waals surface area contributed by atoms with Crippen LogP contribution < -0.4 is 4.74 Å². The zero-order valence-corrected chi connectivity index (χ0v) is 13.9. The molecule has 0 aromatic heterocycles. The zero-order valence-electron chi connectivity index (χ0n) is 11.5. The number of hydrogen-bond donors (Lipinski definition) is 1. The third kappa shape index (κ3) is 4.01. The summed E-state index contributed by atoms with van der Waals surface area (Å²) in [6.07, 6.45) is -0.477. The SMILES string of the molecule is COc1ccc(C(O)CSc2ccc(Br)cc2)c(C)c1. The van der Waals surface area contributed by atoms with Gasteiger partial charge in [-0.25, -0.2) is 0 Å². The first-order valence-electron chi connectivity index (χ1n) is 6.31. The molecule has 0 saturated heterocycles. The normalized spacial score (nSPS) is 12.2. The van der Waals surface area contributed by atoms with Crippen LogP contribution in [0.25, 0.3) is 0 Å². The Labute approximate surface area is 132 Å².